The Morgan fingerprint density at radius 3 is 2.35 bits per heavy atom. The molecule has 0 aromatic heterocycles. The number of hydrogen-bond donors (Lipinski definition) is 1. The van der Waals surface area contributed by atoms with Crippen LogP contribution in [-0.2, 0) is 9.53 Å². The van der Waals surface area contributed by atoms with Gasteiger partial charge in [-0.2, -0.15) is 0 Å². The minimum absolute atomic E-state index is 0.186. The van der Waals surface area contributed by atoms with E-state index in [1.165, 1.54) is 0 Å². The molecule has 1 rings (SSSR count). The van der Waals surface area contributed by atoms with E-state index < -0.39 is 5.60 Å². The lowest BCUT2D eigenvalue weighted by Crippen LogP contribution is -2.63. The number of nitrogens with zero attached hydrogens (tertiary/aromatic N) is 2. The zero-order valence-corrected chi connectivity index (χ0v) is 13.4. The lowest BCUT2D eigenvalue weighted by atomic mass is 10.1. The molecule has 1 aliphatic rings. The molecule has 0 aromatic rings. The van der Waals surface area contributed by atoms with Crippen molar-refractivity contribution < 1.29 is 14.3 Å². The van der Waals surface area contributed by atoms with Crippen LogP contribution < -0.4 is 5.32 Å². The molecule has 2 amide bonds. The summed E-state index contributed by atoms with van der Waals surface area (Å²) in [6, 6.07) is 0. The summed E-state index contributed by atoms with van der Waals surface area (Å²) in [6.07, 6.45) is 0.313. The highest BCUT2D eigenvalue weighted by Crippen LogP contribution is 2.17. The fourth-order valence-corrected chi connectivity index (χ4v) is 2.11. The van der Waals surface area contributed by atoms with Crippen molar-refractivity contribution in [3.05, 3.63) is 0 Å². The maximum absolute atomic E-state index is 12.1. The lowest BCUT2D eigenvalue weighted by molar-refractivity contribution is -0.127. The molecule has 0 radical (unpaired) electrons. The molecule has 0 saturated carbocycles. The van der Waals surface area contributed by atoms with E-state index in [-0.39, 0.29) is 17.8 Å². The van der Waals surface area contributed by atoms with Crippen LogP contribution in [0.15, 0.2) is 0 Å². The highest BCUT2D eigenvalue weighted by molar-refractivity contribution is 5.68. The summed E-state index contributed by atoms with van der Waals surface area (Å²) in [5.74, 6) is 0. The van der Waals surface area contributed by atoms with Gasteiger partial charge in [0.05, 0.1) is 6.54 Å². The van der Waals surface area contributed by atoms with E-state index >= 15 is 0 Å². The van der Waals surface area contributed by atoms with Crippen LogP contribution in [0.5, 0.6) is 0 Å². The highest BCUT2D eigenvalue weighted by Gasteiger charge is 2.33. The van der Waals surface area contributed by atoms with Crippen LogP contribution in [0.25, 0.3) is 0 Å². The third kappa shape index (κ3) is 4.67. The van der Waals surface area contributed by atoms with Gasteiger partial charge in [0.25, 0.3) is 0 Å². The highest BCUT2D eigenvalue weighted by atomic mass is 16.6. The van der Waals surface area contributed by atoms with Gasteiger partial charge in [0.2, 0.25) is 6.41 Å². The Kier molecular flexibility index (Phi) is 5.02. The van der Waals surface area contributed by atoms with Crippen LogP contribution in [0.1, 0.15) is 41.5 Å². The predicted molar refractivity (Wildman–Crippen MR) is 77.3 cm³/mol. The predicted octanol–water partition coefficient (Wildman–Crippen LogP) is 1.41. The summed E-state index contributed by atoms with van der Waals surface area (Å²) < 4.78 is 5.38. The molecule has 20 heavy (non-hydrogen) atoms. The van der Waals surface area contributed by atoms with Crippen LogP contribution in [0.3, 0.4) is 0 Å². The van der Waals surface area contributed by atoms with Gasteiger partial charge >= 0.3 is 6.09 Å². The van der Waals surface area contributed by atoms with Crippen molar-refractivity contribution in [1.29, 1.82) is 0 Å². The first-order valence-corrected chi connectivity index (χ1v) is 6.99. The molecule has 116 valence electrons. The Morgan fingerprint density at radius 1 is 1.30 bits per heavy atom. The fourth-order valence-electron chi connectivity index (χ4n) is 2.11. The van der Waals surface area contributed by atoms with Crippen molar-refractivity contribution in [3.8, 4) is 0 Å². The lowest BCUT2D eigenvalue weighted by Gasteiger charge is -2.44. The van der Waals surface area contributed by atoms with E-state index in [0.717, 1.165) is 6.41 Å². The van der Waals surface area contributed by atoms with E-state index in [4.69, 9.17) is 4.74 Å². The quantitative estimate of drug-likeness (QED) is 0.779. The first-order valence-electron chi connectivity index (χ1n) is 6.99. The normalized spacial score (nSPS) is 20.5. The van der Waals surface area contributed by atoms with Gasteiger partial charge in [-0.3, -0.25) is 10.1 Å². The summed E-state index contributed by atoms with van der Waals surface area (Å²) >= 11 is 0. The summed E-state index contributed by atoms with van der Waals surface area (Å²) in [7, 11) is 0. The number of ether oxygens (including phenoxy) is 1. The zero-order chi connectivity index (χ0) is 15.6. The number of piperazine rings is 1. The summed E-state index contributed by atoms with van der Waals surface area (Å²) in [5, 5.41) is 3.27. The Balaban J connectivity index is 2.71. The van der Waals surface area contributed by atoms with Gasteiger partial charge in [-0.15, -0.1) is 0 Å². The van der Waals surface area contributed by atoms with Crippen LogP contribution in [0.2, 0.25) is 0 Å². The van der Waals surface area contributed by atoms with Crippen molar-refractivity contribution in [2.45, 2.75) is 58.8 Å². The number of carbonyl (C=O) groups excluding carboxylic acids is 2. The number of amides is 2. The minimum Gasteiger partial charge on any atom is -0.444 e. The first-order chi connectivity index (χ1) is 9.04. The molecule has 1 fully saturated rings. The third-order valence-corrected chi connectivity index (χ3v) is 3.03. The molecular weight excluding hydrogens is 258 g/mol. The van der Waals surface area contributed by atoms with Crippen molar-refractivity contribution in [1.82, 2.24) is 15.1 Å². The number of carbonyl (C=O) groups is 2. The molecule has 1 heterocycles. The monoisotopic (exact) mass is 285 g/mol. The van der Waals surface area contributed by atoms with Gasteiger partial charge in [-0.05, 0) is 41.5 Å². The largest absolute Gasteiger partial charge is 0.444 e. The number of rotatable bonds is 2. The third-order valence-electron chi connectivity index (χ3n) is 3.03. The number of nitrogens with one attached hydrogen (secondary N) is 1. The molecule has 1 aliphatic heterocycles. The Hall–Kier alpha value is -1.30. The average Bonchev–Trinajstić information content (AvgIpc) is 2.26. The second-order valence-corrected chi connectivity index (χ2v) is 7.08. The molecule has 0 bridgehead atoms. The van der Waals surface area contributed by atoms with E-state index in [2.05, 4.69) is 5.32 Å². The summed E-state index contributed by atoms with van der Waals surface area (Å²) in [6.45, 7) is 13.1. The second-order valence-electron chi connectivity index (χ2n) is 7.08. The minimum atomic E-state index is -0.508. The maximum atomic E-state index is 12.1. The molecule has 6 nitrogen and oxygen atoms in total. The molecule has 0 aromatic carbocycles. The van der Waals surface area contributed by atoms with Gasteiger partial charge in [0.15, 0.2) is 0 Å². The molecule has 0 spiro atoms. The number of hydrogen-bond acceptors (Lipinski definition) is 4. The molecule has 0 aliphatic carbocycles. The standard InChI is InChI=1S/C14H27N3O3/c1-13(2,3)17(10-18)11-9-16(8-7-15-11)12(19)20-14(4,5)6/h10-11,15H,7-9H2,1-6H3/t11-/m0/s1. The van der Waals surface area contributed by atoms with Crippen LogP contribution in [0, 0.1) is 0 Å². The molecular formula is C14H27N3O3. The summed E-state index contributed by atoms with van der Waals surface area (Å²) in [5.41, 5.74) is -0.803. The SMILES string of the molecule is CC(C)(C)OC(=O)N1CCN[C@@H](N(C=O)C(C)(C)C)C1. The van der Waals surface area contributed by atoms with E-state index in [1.54, 1.807) is 9.80 Å². The second kappa shape index (κ2) is 5.99. The van der Waals surface area contributed by atoms with E-state index in [9.17, 15) is 9.59 Å². The van der Waals surface area contributed by atoms with E-state index in [1.807, 2.05) is 41.5 Å². The van der Waals surface area contributed by atoms with Gasteiger partial charge in [-0.1, -0.05) is 0 Å². The van der Waals surface area contributed by atoms with Crippen molar-refractivity contribution in [2.24, 2.45) is 0 Å². The van der Waals surface area contributed by atoms with Crippen LogP contribution in [-0.4, -0.2) is 59.2 Å². The van der Waals surface area contributed by atoms with Crippen LogP contribution >= 0.6 is 0 Å². The molecule has 1 saturated heterocycles. The Labute approximate surface area is 121 Å². The van der Waals surface area contributed by atoms with Gasteiger partial charge in [-0.25, -0.2) is 4.79 Å². The fraction of sp³-hybridized carbons (Fsp3) is 0.857. The Morgan fingerprint density at radius 2 is 1.90 bits per heavy atom. The Bertz CT molecular complexity index is 358. The van der Waals surface area contributed by atoms with Gasteiger partial charge < -0.3 is 14.5 Å². The van der Waals surface area contributed by atoms with Crippen molar-refractivity contribution in [2.75, 3.05) is 19.6 Å². The van der Waals surface area contributed by atoms with Gasteiger partial charge in [0.1, 0.15) is 11.8 Å². The van der Waals surface area contributed by atoms with Crippen LogP contribution in [0.4, 0.5) is 4.79 Å². The molecule has 1 N–H and O–H groups in total. The molecule has 0 unspecified atom stereocenters. The molecule has 6 heteroatoms. The van der Waals surface area contributed by atoms with E-state index in [0.29, 0.717) is 19.6 Å². The smallest absolute Gasteiger partial charge is 0.410 e. The van der Waals surface area contributed by atoms with Crippen molar-refractivity contribution >= 4 is 12.5 Å². The van der Waals surface area contributed by atoms with Crippen molar-refractivity contribution in [3.63, 3.8) is 0 Å². The molecule has 1 atom stereocenters. The maximum Gasteiger partial charge on any atom is 0.410 e. The average molecular weight is 285 g/mol. The van der Waals surface area contributed by atoms with Gasteiger partial charge in [0, 0.05) is 18.6 Å². The first kappa shape index (κ1) is 16.8. The topological polar surface area (TPSA) is 61.9 Å². The summed E-state index contributed by atoms with van der Waals surface area (Å²) in [4.78, 5) is 26.7. The zero-order valence-electron chi connectivity index (χ0n) is 13.4.